The SMILES string of the molecule is C[C@@H]1CCCN(C(=O)[C@@H]2CCCN2Cc2ccccc2)C1. The van der Waals surface area contributed by atoms with Gasteiger partial charge < -0.3 is 4.90 Å². The van der Waals surface area contributed by atoms with Gasteiger partial charge in [0.15, 0.2) is 0 Å². The number of rotatable bonds is 3. The predicted molar refractivity (Wildman–Crippen MR) is 84.9 cm³/mol. The van der Waals surface area contributed by atoms with E-state index in [0.717, 1.165) is 45.4 Å². The van der Waals surface area contributed by atoms with Crippen LogP contribution in [0.15, 0.2) is 30.3 Å². The maximum absolute atomic E-state index is 12.8. The Kier molecular flexibility index (Phi) is 4.59. The van der Waals surface area contributed by atoms with Crippen molar-refractivity contribution in [3.8, 4) is 0 Å². The van der Waals surface area contributed by atoms with E-state index in [1.54, 1.807) is 0 Å². The fourth-order valence-corrected chi connectivity index (χ4v) is 3.71. The van der Waals surface area contributed by atoms with E-state index in [1.807, 2.05) is 6.07 Å². The zero-order chi connectivity index (χ0) is 14.7. The average molecular weight is 286 g/mol. The molecule has 2 atom stereocenters. The third kappa shape index (κ3) is 3.46. The highest BCUT2D eigenvalue weighted by Gasteiger charge is 2.34. The number of hydrogen-bond acceptors (Lipinski definition) is 2. The lowest BCUT2D eigenvalue weighted by Crippen LogP contribution is -2.48. The summed E-state index contributed by atoms with van der Waals surface area (Å²) < 4.78 is 0. The number of piperidine rings is 1. The van der Waals surface area contributed by atoms with Gasteiger partial charge in [0.05, 0.1) is 6.04 Å². The standard InChI is InChI=1S/C18H26N2O/c1-15-7-5-12-20(13-15)18(21)17-10-6-11-19(17)14-16-8-3-2-4-9-16/h2-4,8-9,15,17H,5-7,10-14H2,1H3/t15-,17+/m1/s1. The molecule has 1 amide bonds. The molecule has 0 unspecified atom stereocenters. The minimum absolute atomic E-state index is 0.107. The molecule has 2 saturated heterocycles. The second-order valence-electron chi connectivity index (χ2n) is 6.65. The van der Waals surface area contributed by atoms with Gasteiger partial charge in [-0.25, -0.2) is 0 Å². The van der Waals surface area contributed by atoms with Crippen LogP contribution in [0.3, 0.4) is 0 Å². The maximum atomic E-state index is 12.8. The smallest absolute Gasteiger partial charge is 0.239 e. The first-order chi connectivity index (χ1) is 10.2. The van der Waals surface area contributed by atoms with Crippen molar-refractivity contribution < 1.29 is 4.79 Å². The molecule has 114 valence electrons. The summed E-state index contributed by atoms with van der Waals surface area (Å²) in [6.07, 6.45) is 4.60. The Balaban J connectivity index is 1.64. The molecule has 0 spiro atoms. The van der Waals surface area contributed by atoms with Crippen molar-refractivity contribution >= 4 is 5.91 Å². The highest BCUT2D eigenvalue weighted by Crippen LogP contribution is 2.24. The van der Waals surface area contributed by atoms with E-state index in [9.17, 15) is 4.79 Å². The monoisotopic (exact) mass is 286 g/mol. The van der Waals surface area contributed by atoms with Crippen molar-refractivity contribution in [1.29, 1.82) is 0 Å². The number of benzene rings is 1. The largest absolute Gasteiger partial charge is 0.341 e. The molecule has 3 heteroatoms. The maximum Gasteiger partial charge on any atom is 0.239 e. The summed E-state index contributed by atoms with van der Waals surface area (Å²) in [4.78, 5) is 17.3. The zero-order valence-electron chi connectivity index (χ0n) is 13.0. The van der Waals surface area contributed by atoms with Crippen LogP contribution in [0.2, 0.25) is 0 Å². The first kappa shape index (κ1) is 14.6. The molecule has 0 saturated carbocycles. The summed E-state index contributed by atoms with van der Waals surface area (Å²) in [6.45, 7) is 6.12. The van der Waals surface area contributed by atoms with E-state index >= 15 is 0 Å². The highest BCUT2D eigenvalue weighted by atomic mass is 16.2. The van der Waals surface area contributed by atoms with E-state index in [4.69, 9.17) is 0 Å². The van der Waals surface area contributed by atoms with Crippen molar-refractivity contribution in [2.75, 3.05) is 19.6 Å². The Morgan fingerprint density at radius 1 is 1.14 bits per heavy atom. The quantitative estimate of drug-likeness (QED) is 0.853. The van der Waals surface area contributed by atoms with Gasteiger partial charge in [-0.15, -0.1) is 0 Å². The second kappa shape index (κ2) is 6.61. The van der Waals surface area contributed by atoms with Gasteiger partial charge in [-0.3, -0.25) is 9.69 Å². The Bertz CT molecular complexity index is 473. The van der Waals surface area contributed by atoms with Crippen LogP contribution in [0.1, 0.15) is 38.2 Å². The Morgan fingerprint density at radius 3 is 2.67 bits per heavy atom. The van der Waals surface area contributed by atoms with Gasteiger partial charge in [0.2, 0.25) is 5.91 Å². The normalized spacial score (nSPS) is 27.0. The first-order valence-electron chi connectivity index (χ1n) is 8.31. The lowest BCUT2D eigenvalue weighted by Gasteiger charge is -2.35. The van der Waals surface area contributed by atoms with Gasteiger partial charge >= 0.3 is 0 Å². The summed E-state index contributed by atoms with van der Waals surface area (Å²) in [5.74, 6) is 1.03. The summed E-state index contributed by atoms with van der Waals surface area (Å²) in [5, 5.41) is 0. The summed E-state index contributed by atoms with van der Waals surface area (Å²) in [5.41, 5.74) is 1.31. The lowest BCUT2D eigenvalue weighted by atomic mass is 9.99. The molecule has 0 bridgehead atoms. The Hall–Kier alpha value is -1.35. The van der Waals surface area contributed by atoms with E-state index in [-0.39, 0.29) is 6.04 Å². The van der Waals surface area contributed by atoms with Crippen LogP contribution in [-0.2, 0) is 11.3 Å². The van der Waals surface area contributed by atoms with Gasteiger partial charge in [-0.1, -0.05) is 37.3 Å². The third-order valence-corrected chi connectivity index (χ3v) is 4.85. The number of hydrogen-bond donors (Lipinski definition) is 0. The van der Waals surface area contributed by atoms with Crippen molar-refractivity contribution in [2.45, 2.75) is 45.2 Å². The van der Waals surface area contributed by atoms with E-state index in [1.165, 1.54) is 12.0 Å². The molecule has 2 aliphatic heterocycles. The van der Waals surface area contributed by atoms with Crippen molar-refractivity contribution in [1.82, 2.24) is 9.80 Å². The molecule has 3 nitrogen and oxygen atoms in total. The van der Waals surface area contributed by atoms with Crippen LogP contribution in [-0.4, -0.2) is 41.4 Å². The Labute approximate surface area is 127 Å². The molecule has 2 fully saturated rings. The number of carbonyl (C=O) groups excluding carboxylic acids is 1. The van der Waals surface area contributed by atoms with Crippen LogP contribution < -0.4 is 0 Å². The average Bonchev–Trinajstić information content (AvgIpc) is 2.95. The van der Waals surface area contributed by atoms with Gasteiger partial charge in [-0.05, 0) is 43.7 Å². The second-order valence-corrected chi connectivity index (χ2v) is 6.65. The fourth-order valence-electron chi connectivity index (χ4n) is 3.71. The number of carbonyl (C=O) groups is 1. The predicted octanol–water partition coefficient (Wildman–Crippen LogP) is 2.91. The van der Waals surface area contributed by atoms with Crippen molar-refractivity contribution in [3.05, 3.63) is 35.9 Å². The molecular formula is C18H26N2O. The molecule has 0 N–H and O–H groups in total. The molecule has 0 aliphatic carbocycles. The zero-order valence-corrected chi connectivity index (χ0v) is 13.0. The topological polar surface area (TPSA) is 23.6 Å². The Morgan fingerprint density at radius 2 is 1.90 bits per heavy atom. The van der Waals surface area contributed by atoms with Gasteiger partial charge in [-0.2, -0.15) is 0 Å². The lowest BCUT2D eigenvalue weighted by molar-refractivity contribution is -0.137. The van der Waals surface area contributed by atoms with Crippen molar-refractivity contribution in [2.24, 2.45) is 5.92 Å². The summed E-state index contributed by atoms with van der Waals surface area (Å²) in [6, 6.07) is 10.6. The number of likely N-dealkylation sites (tertiary alicyclic amines) is 2. The molecule has 3 rings (SSSR count). The number of amides is 1. The van der Waals surface area contributed by atoms with E-state index in [2.05, 4.69) is 41.0 Å². The van der Waals surface area contributed by atoms with Crippen LogP contribution >= 0.6 is 0 Å². The first-order valence-corrected chi connectivity index (χ1v) is 8.31. The van der Waals surface area contributed by atoms with Crippen LogP contribution in [0.5, 0.6) is 0 Å². The molecule has 2 aliphatic rings. The molecule has 1 aromatic rings. The van der Waals surface area contributed by atoms with Gasteiger partial charge in [0, 0.05) is 19.6 Å². The van der Waals surface area contributed by atoms with E-state index < -0.39 is 0 Å². The van der Waals surface area contributed by atoms with Crippen LogP contribution in [0.25, 0.3) is 0 Å². The van der Waals surface area contributed by atoms with Crippen LogP contribution in [0.4, 0.5) is 0 Å². The van der Waals surface area contributed by atoms with Crippen molar-refractivity contribution in [3.63, 3.8) is 0 Å². The van der Waals surface area contributed by atoms with Crippen LogP contribution in [0, 0.1) is 5.92 Å². The van der Waals surface area contributed by atoms with Gasteiger partial charge in [0.1, 0.15) is 0 Å². The van der Waals surface area contributed by atoms with E-state index in [0.29, 0.717) is 11.8 Å². The van der Waals surface area contributed by atoms with Gasteiger partial charge in [0.25, 0.3) is 0 Å². The molecule has 21 heavy (non-hydrogen) atoms. The molecular weight excluding hydrogens is 260 g/mol. The highest BCUT2D eigenvalue weighted by molar-refractivity contribution is 5.82. The molecule has 2 heterocycles. The minimum Gasteiger partial charge on any atom is -0.341 e. The molecule has 0 radical (unpaired) electrons. The summed E-state index contributed by atoms with van der Waals surface area (Å²) in [7, 11) is 0. The molecule has 1 aromatic carbocycles. The third-order valence-electron chi connectivity index (χ3n) is 4.85. The number of nitrogens with zero attached hydrogens (tertiary/aromatic N) is 2. The summed E-state index contributed by atoms with van der Waals surface area (Å²) >= 11 is 0. The fraction of sp³-hybridized carbons (Fsp3) is 0.611. The molecule has 0 aromatic heterocycles. The minimum atomic E-state index is 0.107.